The standard InChI is InChI=1S/C19H21N3O2S/c25-18(21-15-3-4-16-17(13-15)24-12-11-23-16)22-19(7-1-2-8-19)14-5-9-20-10-6-14/h3-6,9-10,13H,1-2,7-8,11-12H2,(H2,21,22,25). The Morgan fingerprint density at radius 3 is 2.48 bits per heavy atom. The van der Waals surface area contributed by atoms with E-state index in [1.165, 1.54) is 18.4 Å². The maximum absolute atomic E-state index is 5.63. The molecule has 4 rings (SSSR count). The molecule has 1 aliphatic carbocycles. The van der Waals surface area contributed by atoms with Gasteiger partial charge in [-0.3, -0.25) is 4.98 Å². The van der Waals surface area contributed by atoms with E-state index in [4.69, 9.17) is 21.7 Å². The van der Waals surface area contributed by atoms with Gasteiger partial charge in [-0.15, -0.1) is 0 Å². The van der Waals surface area contributed by atoms with E-state index < -0.39 is 0 Å². The lowest BCUT2D eigenvalue weighted by Crippen LogP contribution is -2.45. The van der Waals surface area contributed by atoms with E-state index in [1.54, 1.807) is 0 Å². The summed E-state index contributed by atoms with van der Waals surface area (Å²) in [6.07, 6.45) is 8.21. The van der Waals surface area contributed by atoms with Crippen molar-refractivity contribution in [2.45, 2.75) is 31.2 Å². The molecular formula is C19H21N3O2S. The minimum atomic E-state index is -0.110. The van der Waals surface area contributed by atoms with Gasteiger partial charge in [0.05, 0.1) is 5.54 Å². The van der Waals surface area contributed by atoms with Crippen LogP contribution in [0.4, 0.5) is 5.69 Å². The summed E-state index contributed by atoms with van der Waals surface area (Å²) in [5.74, 6) is 1.53. The Kier molecular flexibility index (Phi) is 4.44. The van der Waals surface area contributed by atoms with Crippen molar-refractivity contribution in [3.05, 3.63) is 48.3 Å². The van der Waals surface area contributed by atoms with Crippen LogP contribution >= 0.6 is 12.2 Å². The van der Waals surface area contributed by atoms with Crippen molar-refractivity contribution in [3.63, 3.8) is 0 Å². The summed E-state index contributed by atoms with van der Waals surface area (Å²) in [6, 6.07) is 9.94. The zero-order valence-electron chi connectivity index (χ0n) is 14.0. The second-order valence-corrected chi connectivity index (χ2v) is 6.87. The zero-order valence-corrected chi connectivity index (χ0v) is 14.8. The summed E-state index contributed by atoms with van der Waals surface area (Å²) in [5.41, 5.74) is 2.02. The second-order valence-electron chi connectivity index (χ2n) is 6.46. The third kappa shape index (κ3) is 3.39. The van der Waals surface area contributed by atoms with Gasteiger partial charge < -0.3 is 20.1 Å². The number of nitrogens with zero attached hydrogens (tertiary/aromatic N) is 1. The van der Waals surface area contributed by atoms with Crippen molar-refractivity contribution in [2.24, 2.45) is 0 Å². The number of fused-ring (bicyclic) bond motifs is 1. The molecule has 5 nitrogen and oxygen atoms in total. The van der Waals surface area contributed by atoms with Crippen LogP contribution in [0.25, 0.3) is 0 Å². The van der Waals surface area contributed by atoms with Gasteiger partial charge >= 0.3 is 0 Å². The average Bonchev–Trinajstić information content (AvgIpc) is 3.12. The number of hydrogen-bond donors (Lipinski definition) is 2. The smallest absolute Gasteiger partial charge is 0.171 e. The van der Waals surface area contributed by atoms with Crippen LogP contribution < -0.4 is 20.1 Å². The average molecular weight is 355 g/mol. The first-order valence-electron chi connectivity index (χ1n) is 8.65. The molecule has 1 aromatic heterocycles. The molecule has 0 unspecified atom stereocenters. The van der Waals surface area contributed by atoms with Gasteiger partial charge in [0.2, 0.25) is 0 Å². The van der Waals surface area contributed by atoms with Crippen LogP contribution in [0, 0.1) is 0 Å². The topological polar surface area (TPSA) is 55.4 Å². The molecule has 1 fully saturated rings. The molecule has 0 radical (unpaired) electrons. The maximum atomic E-state index is 5.63. The minimum Gasteiger partial charge on any atom is -0.486 e. The van der Waals surface area contributed by atoms with E-state index in [-0.39, 0.29) is 5.54 Å². The second kappa shape index (κ2) is 6.88. The van der Waals surface area contributed by atoms with Gasteiger partial charge in [-0.25, -0.2) is 0 Å². The summed E-state index contributed by atoms with van der Waals surface area (Å²) >= 11 is 5.59. The Morgan fingerprint density at radius 1 is 1.00 bits per heavy atom. The largest absolute Gasteiger partial charge is 0.486 e. The first-order chi connectivity index (χ1) is 12.3. The fourth-order valence-corrected chi connectivity index (χ4v) is 3.95. The van der Waals surface area contributed by atoms with Gasteiger partial charge in [0, 0.05) is 24.1 Å². The molecule has 0 spiro atoms. The lowest BCUT2D eigenvalue weighted by Gasteiger charge is -2.32. The van der Waals surface area contributed by atoms with Gasteiger partial charge in [0.15, 0.2) is 16.6 Å². The SMILES string of the molecule is S=C(Nc1ccc2c(c1)OCCO2)NC1(c2ccncc2)CCCC1. The molecule has 0 bridgehead atoms. The maximum Gasteiger partial charge on any atom is 0.171 e. The van der Waals surface area contributed by atoms with Crippen molar-refractivity contribution in [2.75, 3.05) is 18.5 Å². The van der Waals surface area contributed by atoms with E-state index in [1.807, 2.05) is 30.6 Å². The van der Waals surface area contributed by atoms with Crippen molar-refractivity contribution in [3.8, 4) is 11.5 Å². The number of ether oxygens (including phenoxy) is 2. The van der Waals surface area contributed by atoms with Crippen molar-refractivity contribution >= 4 is 23.0 Å². The lowest BCUT2D eigenvalue weighted by molar-refractivity contribution is 0.171. The Bertz CT molecular complexity index is 761. The summed E-state index contributed by atoms with van der Waals surface area (Å²) in [4.78, 5) is 4.13. The molecule has 2 aliphatic rings. The Balaban J connectivity index is 1.49. The van der Waals surface area contributed by atoms with E-state index in [0.29, 0.717) is 18.3 Å². The monoisotopic (exact) mass is 355 g/mol. The Morgan fingerprint density at radius 2 is 1.72 bits per heavy atom. The molecule has 130 valence electrons. The predicted molar refractivity (Wildman–Crippen MR) is 101 cm³/mol. The van der Waals surface area contributed by atoms with E-state index in [2.05, 4.69) is 27.8 Å². The molecule has 0 amide bonds. The normalized spacial score (nSPS) is 17.8. The van der Waals surface area contributed by atoms with E-state index in [9.17, 15) is 0 Å². The number of pyridine rings is 1. The molecule has 6 heteroatoms. The zero-order chi connectivity index (χ0) is 17.1. The van der Waals surface area contributed by atoms with Crippen LogP contribution in [-0.2, 0) is 5.54 Å². The Hall–Kier alpha value is -2.34. The van der Waals surface area contributed by atoms with Crippen molar-refractivity contribution in [1.82, 2.24) is 10.3 Å². The van der Waals surface area contributed by atoms with Gasteiger partial charge in [0.1, 0.15) is 13.2 Å². The van der Waals surface area contributed by atoms with Crippen LogP contribution in [0.15, 0.2) is 42.7 Å². The van der Waals surface area contributed by atoms with Crippen molar-refractivity contribution in [1.29, 1.82) is 0 Å². The van der Waals surface area contributed by atoms with Crippen LogP contribution in [0.2, 0.25) is 0 Å². The number of anilines is 1. The summed E-state index contributed by atoms with van der Waals surface area (Å²) in [6.45, 7) is 1.17. The van der Waals surface area contributed by atoms with Gasteiger partial charge in [-0.2, -0.15) is 0 Å². The summed E-state index contributed by atoms with van der Waals surface area (Å²) < 4.78 is 11.2. The summed E-state index contributed by atoms with van der Waals surface area (Å²) in [5, 5.41) is 7.46. The number of thiocarbonyl (C=S) groups is 1. The highest BCUT2D eigenvalue weighted by Gasteiger charge is 2.36. The van der Waals surface area contributed by atoms with Gasteiger partial charge in [0.25, 0.3) is 0 Å². The third-order valence-electron chi connectivity index (χ3n) is 4.84. The number of nitrogens with one attached hydrogen (secondary N) is 2. The van der Waals surface area contributed by atoms with Gasteiger partial charge in [-0.05, 0) is 54.9 Å². The quantitative estimate of drug-likeness (QED) is 0.821. The molecule has 0 atom stereocenters. The molecule has 0 saturated heterocycles. The minimum absolute atomic E-state index is 0.110. The molecule has 1 aromatic carbocycles. The highest BCUT2D eigenvalue weighted by atomic mass is 32.1. The Labute approximate surface area is 152 Å². The molecular weight excluding hydrogens is 334 g/mol. The molecule has 2 heterocycles. The van der Waals surface area contributed by atoms with Gasteiger partial charge in [-0.1, -0.05) is 12.8 Å². The molecule has 2 aromatic rings. The number of aromatic nitrogens is 1. The van der Waals surface area contributed by atoms with Crippen LogP contribution in [0.1, 0.15) is 31.2 Å². The summed E-state index contributed by atoms with van der Waals surface area (Å²) in [7, 11) is 0. The third-order valence-corrected chi connectivity index (χ3v) is 5.05. The first-order valence-corrected chi connectivity index (χ1v) is 9.05. The van der Waals surface area contributed by atoms with E-state index in [0.717, 1.165) is 30.0 Å². The van der Waals surface area contributed by atoms with Crippen LogP contribution in [0.3, 0.4) is 0 Å². The molecule has 25 heavy (non-hydrogen) atoms. The van der Waals surface area contributed by atoms with E-state index >= 15 is 0 Å². The fraction of sp³-hybridized carbons (Fsp3) is 0.368. The first kappa shape index (κ1) is 16.1. The highest BCUT2D eigenvalue weighted by molar-refractivity contribution is 7.80. The van der Waals surface area contributed by atoms with Crippen LogP contribution in [-0.4, -0.2) is 23.3 Å². The lowest BCUT2D eigenvalue weighted by atomic mass is 9.89. The molecule has 1 saturated carbocycles. The van der Waals surface area contributed by atoms with Crippen LogP contribution in [0.5, 0.6) is 11.5 Å². The van der Waals surface area contributed by atoms with Crippen molar-refractivity contribution < 1.29 is 9.47 Å². The molecule has 1 aliphatic heterocycles. The number of benzene rings is 1. The fourth-order valence-electron chi connectivity index (χ4n) is 3.64. The molecule has 2 N–H and O–H groups in total. The number of hydrogen-bond acceptors (Lipinski definition) is 4. The number of rotatable bonds is 3. The highest BCUT2D eigenvalue weighted by Crippen LogP contribution is 2.39. The predicted octanol–water partition coefficient (Wildman–Crippen LogP) is 3.61.